The first kappa shape index (κ1) is 25.3. The molecule has 35 heavy (non-hydrogen) atoms. The fraction of sp³-hybridized carbons (Fsp3) is 0.212. The molecule has 0 N–H and O–H groups in total. The van der Waals surface area contributed by atoms with Crippen LogP contribution < -0.4 is 8.32 Å². The Labute approximate surface area is 215 Å². The molecule has 2 heteroatoms. The van der Waals surface area contributed by atoms with Crippen molar-refractivity contribution >= 4 is 33.1 Å². The van der Waals surface area contributed by atoms with Crippen LogP contribution in [0.15, 0.2) is 109 Å². The van der Waals surface area contributed by atoms with Crippen molar-refractivity contribution in [2.24, 2.45) is 0 Å². The Morgan fingerprint density at radius 3 is 1.43 bits per heavy atom. The van der Waals surface area contributed by atoms with Gasteiger partial charge < -0.3 is 0 Å². The molecule has 0 spiro atoms. The number of benzene rings is 4. The molecule has 4 aromatic rings. The quantitative estimate of drug-likeness (QED) is 0.112. The first-order valence-electron chi connectivity index (χ1n) is 12.7. The van der Waals surface area contributed by atoms with E-state index in [0.29, 0.717) is 0 Å². The molecule has 0 aliphatic heterocycles. The zero-order valence-electron chi connectivity index (χ0n) is 21.4. The summed E-state index contributed by atoms with van der Waals surface area (Å²) in [4.78, 5) is 7.41. The van der Waals surface area contributed by atoms with Crippen LogP contribution in [0.5, 0.6) is 5.75 Å². The van der Waals surface area contributed by atoms with Crippen LogP contribution in [0.2, 0.25) is 14.8 Å². The second-order valence-corrected chi connectivity index (χ2v) is 24.5. The Bertz CT molecular complexity index is 1230. The van der Waals surface area contributed by atoms with Crippen LogP contribution in [0.4, 0.5) is 0 Å². The molecule has 0 aliphatic rings. The zero-order valence-corrected chi connectivity index (χ0v) is 24.3. The van der Waals surface area contributed by atoms with Crippen LogP contribution in [0.3, 0.4) is 0 Å². The fourth-order valence-electron chi connectivity index (χ4n) is 4.31. The van der Waals surface area contributed by atoms with Gasteiger partial charge in [0.2, 0.25) is 0 Å². The fourth-order valence-corrected chi connectivity index (χ4v) is 7.64. The molecule has 0 aliphatic carbocycles. The molecular weight excluding hydrogens is 531 g/mol. The molecular formula is C33H36OSn. The molecule has 178 valence electrons. The van der Waals surface area contributed by atoms with Gasteiger partial charge in [0.25, 0.3) is 0 Å². The van der Waals surface area contributed by atoms with Gasteiger partial charge in [-0.15, -0.1) is 0 Å². The van der Waals surface area contributed by atoms with Crippen LogP contribution in [0.25, 0.3) is 11.1 Å². The average Bonchev–Trinajstić information content (AvgIpc) is 2.88. The van der Waals surface area contributed by atoms with E-state index in [-0.39, 0.29) is 0 Å². The topological polar surface area (TPSA) is 9.23 Å². The van der Waals surface area contributed by atoms with Crippen molar-refractivity contribution in [2.45, 2.75) is 34.6 Å². The summed E-state index contributed by atoms with van der Waals surface area (Å²) in [5, 5.41) is 0. The molecule has 0 saturated carbocycles. The maximum atomic E-state index is 5.95. The van der Waals surface area contributed by atoms with Gasteiger partial charge in [0.15, 0.2) is 0 Å². The summed E-state index contributed by atoms with van der Waals surface area (Å²) in [5.74, 6) is 0.929. The summed E-state index contributed by atoms with van der Waals surface area (Å²) in [7, 11) is 0. The van der Waals surface area contributed by atoms with Crippen molar-refractivity contribution < 1.29 is 4.74 Å². The van der Waals surface area contributed by atoms with E-state index >= 15 is 0 Å². The van der Waals surface area contributed by atoms with Crippen molar-refractivity contribution in [1.82, 2.24) is 0 Å². The molecule has 1 nitrogen and oxygen atoms in total. The molecule has 0 bridgehead atoms. The summed E-state index contributed by atoms with van der Waals surface area (Å²) in [6.45, 7) is 2.95. The predicted octanol–water partition coefficient (Wildman–Crippen LogP) is 8.42. The van der Waals surface area contributed by atoms with Gasteiger partial charge in [-0.3, -0.25) is 0 Å². The Morgan fingerprint density at radius 1 is 0.571 bits per heavy atom. The molecule has 0 fully saturated rings. The second kappa shape index (κ2) is 11.8. The van der Waals surface area contributed by atoms with E-state index in [1.54, 1.807) is 3.58 Å². The van der Waals surface area contributed by atoms with E-state index in [4.69, 9.17) is 4.74 Å². The van der Waals surface area contributed by atoms with Crippen LogP contribution in [0.1, 0.15) is 42.0 Å². The van der Waals surface area contributed by atoms with Gasteiger partial charge in [-0.05, 0) is 6.42 Å². The van der Waals surface area contributed by atoms with Gasteiger partial charge in [-0.2, -0.15) is 0 Å². The van der Waals surface area contributed by atoms with Crippen molar-refractivity contribution in [3.63, 3.8) is 0 Å². The molecule has 0 heterocycles. The van der Waals surface area contributed by atoms with E-state index < -0.39 is 18.4 Å². The predicted molar refractivity (Wildman–Crippen MR) is 154 cm³/mol. The summed E-state index contributed by atoms with van der Waals surface area (Å²) >= 11 is -2.14. The molecule has 4 rings (SSSR count). The SMILES string of the molecule is CCCCOc1ccc(C(=C(c2ccccc2)c2cc[c]([Sn]([CH3])([CH3])[CH3])cc2)c2ccccc2)cc1. The third-order valence-corrected chi connectivity index (χ3v) is 12.2. The van der Waals surface area contributed by atoms with Crippen LogP contribution in [-0.2, 0) is 0 Å². The van der Waals surface area contributed by atoms with Gasteiger partial charge in [0.1, 0.15) is 0 Å². The minimum atomic E-state index is -2.14. The van der Waals surface area contributed by atoms with Crippen LogP contribution >= 0.6 is 0 Å². The van der Waals surface area contributed by atoms with Crippen molar-refractivity contribution in [1.29, 1.82) is 0 Å². The number of unbranched alkanes of at least 4 members (excludes halogenated alkanes) is 1. The molecule has 0 atom stereocenters. The first-order valence-corrected chi connectivity index (χ1v) is 22.7. The van der Waals surface area contributed by atoms with Gasteiger partial charge in [-0.1, -0.05) is 13.3 Å². The molecule has 4 aromatic carbocycles. The zero-order chi connectivity index (χ0) is 24.7. The molecule has 0 aromatic heterocycles. The van der Waals surface area contributed by atoms with Crippen molar-refractivity contribution in [2.75, 3.05) is 6.61 Å². The minimum absolute atomic E-state index is 0.762. The third-order valence-electron chi connectivity index (χ3n) is 6.32. The molecule has 0 amide bonds. The van der Waals surface area contributed by atoms with E-state index in [2.05, 4.69) is 131 Å². The monoisotopic (exact) mass is 568 g/mol. The van der Waals surface area contributed by atoms with Crippen LogP contribution in [0, 0.1) is 0 Å². The summed E-state index contributed by atoms with van der Waals surface area (Å²) < 4.78 is 7.50. The third kappa shape index (κ3) is 6.46. The van der Waals surface area contributed by atoms with Gasteiger partial charge in [0.05, 0.1) is 0 Å². The van der Waals surface area contributed by atoms with Crippen molar-refractivity contribution in [3.05, 3.63) is 131 Å². The van der Waals surface area contributed by atoms with Gasteiger partial charge >= 0.3 is 196 Å². The normalized spacial score (nSPS) is 12.2. The van der Waals surface area contributed by atoms with E-state index in [0.717, 1.165) is 25.2 Å². The summed E-state index contributed by atoms with van der Waals surface area (Å²) in [6.07, 6.45) is 2.21. The summed E-state index contributed by atoms with van der Waals surface area (Å²) in [6, 6.07) is 39.5. The summed E-state index contributed by atoms with van der Waals surface area (Å²) in [5.41, 5.74) is 7.37. The van der Waals surface area contributed by atoms with E-state index in [1.807, 2.05) is 0 Å². The Kier molecular flexibility index (Phi) is 8.51. The number of hydrogen-bond donors (Lipinski definition) is 0. The number of rotatable bonds is 9. The second-order valence-electron chi connectivity index (χ2n) is 10.0. The number of ether oxygens (including phenoxy) is 1. The Balaban J connectivity index is 1.91. The first-order chi connectivity index (χ1) is 17.0. The maximum absolute atomic E-state index is 5.95. The van der Waals surface area contributed by atoms with Crippen LogP contribution in [-0.4, -0.2) is 25.0 Å². The Hall–Kier alpha value is -2.78. The molecule has 0 radical (unpaired) electrons. The number of hydrogen-bond acceptors (Lipinski definition) is 1. The standard InChI is InChI=1S/C30H27O.3CH3.Sn/c1-2-3-23-31-28-21-19-27(20-22-28)30(26-17-11-6-12-18-26)29(24-13-7-4-8-14-24)25-15-9-5-10-16-25;;;;/h4,6-22H,2-3,23H2,1H3;3*1H3;. The Morgan fingerprint density at radius 2 is 1.00 bits per heavy atom. The van der Waals surface area contributed by atoms with E-state index in [1.165, 1.54) is 33.4 Å². The molecule has 0 saturated heterocycles. The van der Waals surface area contributed by atoms with Gasteiger partial charge in [0, 0.05) is 0 Å². The van der Waals surface area contributed by atoms with E-state index in [9.17, 15) is 0 Å². The average molecular weight is 567 g/mol. The molecule has 0 unspecified atom stereocenters. The van der Waals surface area contributed by atoms with Gasteiger partial charge in [-0.25, -0.2) is 0 Å². The van der Waals surface area contributed by atoms with Crippen molar-refractivity contribution in [3.8, 4) is 5.75 Å².